The largest absolute Gasteiger partial charge is 0.504 e. The number of ether oxygens (including phenoxy) is 1. The molecule has 2 aromatic carbocycles. The first kappa shape index (κ1) is 13.0. The summed E-state index contributed by atoms with van der Waals surface area (Å²) in [7, 11) is 0. The molecule has 94 valence electrons. The highest BCUT2D eigenvalue weighted by Crippen LogP contribution is 2.39. The molecule has 0 amide bonds. The highest BCUT2D eigenvalue weighted by Gasteiger charge is 2.12. The summed E-state index contributed by atoms with van der Waals surface area (Å²) in [6, 6.07) is 7.04. The van der Waals surface area contributed by atoms with Crippen molar-refractivity contribution in [3.8, 4) is 17.2 Å². The lowest BCUT2D eigenvalue weighted by Crippen LogP contribution is -1.89. The fraction of sp³-hybridized carbons (Fsp3) is 0.0769. The topological polar surface area (TPSA) is 29.5 Å². The normalized spacial score (nSPS) is 10.4. The Morgan fingerprint density at radius 1 is 1.17 bits per heavy atom. The number of hydrogen-bond acceptors (Lipinski definition) is 2. The number of phenolic OH excluding ortho intramolecular Hbond substituents is 1. The zero-order valence-corrected chi connectivity index (χ0v) is 10.9. The first-order valence-corrected chi connectivity index (χ1v) is 5.85. The predicted molar refractivity (Wildman–Crippen MR) is 69.3 cm³/mol. The standard InChI is InChI=1S/C13H9Cl2FO2/c1-7-2-5-11(17)13(12(7)15)18-8-3-4-10(16)9(14)6-8/h2-6,17H,1H3. The van der Waals surface area contributed by atoms with Crippen LogP contribution in [0.4, 0.5) is 4.39 Å². The molecule has 0 spiro atoms. The molecule has 2 aromatic rings. The number of aryl methyl sites for hydroxylation is 1. The van der Waals surface area contributed by atoms with Gasteiger partial charge in [0.25, 0.3) is 0 Å². The van der Waals surface area contributed by atoms with Crippen molar-refractivity contribution in [1.82, 2.24) is 0 Å². The maximum atomic E-state index is 13.0. The van der Waals surface area contributed by atoms with E-state index in [2.05, 4.69) is 0 Å². The molecule has 0 aromatic heterocycles. The SMILES string of the molecule is Cc1ccc(O)c(Oc2ccc(F)c(Cl)c2)c1Cl. The molecule has 0 aliphatic carbocycles. The van der Waals surface area contributed by atoms with Crippen LogP contribution in [0.25, 0.3) is 0 Å². The summed E-state index contributed by atoms with van der Waals surface area (Å²) in [5.74, 6) is -0.210. The van der Waals surface area contributed by atoms with Crippen LogP contribution >= 0.6 is 23.2 Å². The summed E-state index contributed by atoms with van der Waals surface area (Å²) in [5.41, 5.74) is 0.762. The van der Waals surface area contributed by atoms with E-state index in [-0.39, 0.29) is 16.5 Å². The third-order valence-corrected chi connectivity index (χ3v) is 3.14. The highest BCUT2D eigenvalue weighted by molar-refractivity contribution is 6.33. The van der Waals surface area contributed by atoms with Gasteiger partial charge in [0.2, 0.25) is 0 Å². The Bertz CT molecular complexity index is 600. The molecule has 1 N–H and O–H groups in total. The molecule has 0 unspecified atom stereocenters. The Labute approximate surface area is 114 Å². The summed E-state index contributed by atoms with van der Waals surface area (Å²) < 4.78 is 18.4. The Hall–Kier alpha value is -1.45. The zero-order valence-electron chi connectivity index (χ0n) is 9.38. The number of aromatic hydroxyl groups is 1. The van der Waals surface area contributed by atoms with Crippen molar-refractivity contribution in [3.05, 3.63) is 51.8 Å². The van der Waals surface area contributed by atoms with Gasteiger partial charge in [-0.15, -0.1) is 0 Å². The molecule has 0 fully saturated rings. The molecule has 5 heteroatoms. The highest BCUT2D eigenvalue weighted by atomic mass is 35.5. The number of phenols is 1. The number of benzene rings is 2. The van der Waals surface area contributed by atoms with Crippen LogP contribution in [-0.2, 0) is 0 Å². The molecule has 0 bridgehead atoms. The van der Waals surface area contributed by atoms with Gasteiger partial charge in [-0.05, 0) is 30.7 Å². The molecule has 0 saturated heterocycles. The summed E-state index contributed by atoms with van der Waals surface area (Å²) >= 11 is 11.7. The minimum Gasteiger partial charge on any atom is -0.504 e. The second-order valence-electron chi connectivity index (χ2n) is 3.72. The van der Waals surface area contributed by atoms with Crippen LogP contribution in [0.5, 0.6) is 17.2 Å². The summed E-state index contributed by atoms with van der Waals surface area (Å²) in [5, 5.41) is 9.93. The smallest absolute Gasteiger partial charge is 0.187 e. The van der Waals surface area contributed by atoms with E-state index in [1.54, 1.807) is 13.0 Å². The molecular weight excluding hydrogens is 278 g/mol. The van der Waals surface area contributed by atoms with Crippen LogP contribution in [0, 0.1) is 12.7 Å². The van der Waals surface area contributed by atoms with Gasteiger partial charge >= 0.3 is 0 Å². The van der Waals surface area contributed by atoms with E-state index in [0.717, 1.165) is 5.56 Å². The first-order chi connectivity index (χ1) is 8.49. The van der Waals surface area contributed by atoms with E-state index in [4.69, 9.17) is 27.9 Å². The molecule has 0 aliphatic rings. The number of halogens is 3. The van der Waals surface area contributed by atoms with Crippen molar-refractivity contribution in [2.24, 2.45) is 0 Å². The van der Waals surface area contributed by atoms with Gasteiger partial charge in [-0.2, -0.15) is 0 Å². The van der Waals surface area contributed by atoms with Gasteiger partial charge in [-0.25, -0.2) is 4.39 Å². The van der Waals surface area contributed by atoms with Crippen LogP contribution < -0.4 is 4.74 Å². The minimum atomic E-state index is -0.538. The van der Waals surface area contributed by atoms with Crippen LogP contribution in [0.2, 0.25) is 10.0 Å². The van der Waals surface area contributed by atoms with Crippen molar-refractivity contribution in [2.45, 2.75) is 6.92 Å². The zero-order chi connectivity index (χ0) is 13.3. The second kappa shape index (κ2) is 5.04. The van der Waals surface area contributed by atoms with Crippen LogP contribution in [0.15, 0.2) is 30.3 Å². The quantitative estimate of drug-likeness (QED) is 0.847. The van der Waals surface area contributed by atoms with E-state index >= 15 is 0 Å². The Morgan fingerprint density at radius 2 is 1.89 bits per heavy atom. The molecule has 0 heterocycles. The monoisotopic (exact) mass is 286 g/mol. The van der Waals surface area contributed by atoms with Crippen LogP contribution in [0.1, 0.15) is 5.56 Å². The van der Waals surface area contributed by atoms with Crippen molar-refractivity contribution >= 4 is 23.2 Å². The molecular formula is C13H9Cl2FO2. The summed E-state index contributed by atoms with van der Waals surface area (Å²) in [6.07, 6.45) is 0. The Kier molecular flexibility index (Phi) is 3.64. The molecule has 0 radical (unpaired) electrons. The van der Waals surface area contributed by atoms with E-state index in [0.29, 0.717) is 10.8 Å². The van der Waals surface area contributed by atoms with E-state index in [1.807, 2.05) is 0 Å². The Morgan fingerprint density at radius 3 is 2.56 bits per heavy atom. The molecule has 0 atom stereocenters. The fourth-order valence-corrected chi connectivity index (χ4v) is 1.77. The fourth-order valence-electron chi connectivity index (χ4n) is 1.40. The van der Waals surface area contributed by atoms with Gasteiger partial charge < -0.3 is 9.84 Å². The maximum absolute atomic E-state index is 13.0. The molecule has 2 nitrogen and oxygen atoms in total. The van der Waals surface area contributed by atoms with E-state index < -0.39 is 5.82 Å². The molecule has 2 rings (SSSR count). The van der Waals surface area contributed by atoms with E-state index in [9.17, 15) is 9.50 Å². The maximum Gasteiger partial charge on any atom is 0.187 e. The molecule has 0 aliphatic heterocycles. The van der Waals surface area contributed by atoms with E-state index in [1.165, 1.54) is 24.3 Å². The lowest BCUT2D eigenvalue weighted by molar-refractivity contribution is 0.410. The summed E-state index contributed by atoms with van der Waals surface area (Å²) in [6.45, 7) is 1.78. The number of rotatable bonds is 2. The van der Waals surface area contributed by atoms with Crippen molar-refractivity contribution in [1.29, 1.82) is 0 Å². The third kappa shape index (κ3) is 2.52. The van der Waals surface area contributed by atoms with Gasteiger partial charge in [-0.3, -0.25) is 0 Å². The average molecular weight is 287 g/mol. The van der Waals surface area contributed by atoms with Crippen molar-refractivity contribution < 1.29 is 14.2 Å². The molecule has 0 saturated carbocycles. The molecule has 18 heavy (non-hydrogen) atoms. The van der Waals surface area contributed by atoms with Gasteiger partial charge in [0, 0.05) is 6.07 Å². The van der Waals surface area contributed by atoms with Crippen LogP contribution in [0.3, 0.4) is 0 Å². The van der Waals surface area contributed by atoms with Gasteiger partial charge in [0.15, 0.2) is 11.5 Å². The minimum absolute atomic E-state index is 0.0595. The van der Waals surface area contributed by atoms with Gasteiger partial charge in [0.05, 0.1) is 10.0 Å². The van der Waals surface area contributed by atoms with Gasteiger partial charge in [0.1, 0.15) is 11.6 Å². The lowest BCUT2D eigenvalue weighted by atomic mass is 10.2. The summed E-state index contributed by atoms with van der Waals surface area (Å²) in [4.78, 5) is 0. The second-order valence-corrected chi connectivity index (χ2v) is 4.51. The predicted octanol–water partition coefficient (Wildman–Crippen LogP) is 4.94. The third-order valence-electron chi connectivity index (χ3n) is 2.38. The van der Waals surface area contributed by atoms with Crippen LogP contribution in [-0.4, -0.2) is 5.11 Å². The number of hydrogen-bond donors (Lipinski definition) is 1. The van der Waals surface area contributed by atoms with Crippen molar-refractivity contribution in [3.63, 3.8) is 0 Å². The average Bonchev–Trinajstić information content (AvgIpc) is 2.34. The van der Waals surface area contributed by atoms with Gasteiger partial charge in [-0.1, -0.05) is 29.3 Å². The lowest BCUT2D eigenvalue weighted by Gasteiger charge is -2.11. The first-order valence-electron chi connectivity index (χ1n) is 5.10. The van der Waals surface area contributed by atoms with Crippen molar-refractivity contribution in [2.75, 3.05) is 0 Å². The Balaban J connectivity index is 2.39.